The average Bonchev–Trinajstić information content (AvgIpc) is 3.22. The third-order valence-corrected chi connectivity index (χ3v) is 4.28. The summed E-state index contributed by atoms with van der Waals surface area (Å²) in [5, 5.41) is 2.90. The monoisotopic (exact) mass is 341 g/mol. The van der Waals surface area contributed by atoms with E-state index in [1.165, 1.54) is 0 Å². The highest BCUT2D eigenvalue weighted by molar-refractivity contribution is 5.78. The Labute approximate surface area is 146 Å². The molecule has 6 heteroatoms. The van der Waals surface area contributed by atoms with E-state index in [0.717, 1.165) is 17.5 Å². The summed E-state index contributed by atoms with van der Waals surface area (Å²) in [5.41, 5.74) is 1.72. The van der Waals surface area contributed by atoms with E-state index < -0.39 is 0 Å². The summed E-state index contributed by atoms with van der Waals surface area (Å²) in [7, 11) is 0. The highest BCUT2D eigenvalue weighted by Crippen LogP contribution is 2.15. The number of nitrogens with one attached hydrogen (secondary N) is 1. The van der Waals surface area contributed by atoms with Gasteiger partial charge in [0, 0.05) is 19.5 Å². The van der Waals surface area contributed by atoms with Crippen LogP contribution in [0, 0.1) is 0 Å². The molecule has 1 N–H and O–H groups in total. The smallest absolute Gasteiger partial charge is 0.329 e. The fraction of sp³-hybridized carbons (Fsp3) is 0.368. The van der Waals surface area contributed by atoms with Crippen LogP contribution in [0.1, 0.15) is 38.5 Å². The second-order valence-corrected chi connectivity index (χ2v) is 6.13. The lowest BCUT2D eigenvalue weighted by atomic mass is 10.2. The number of carbonyl (C=O) groups is 1. The number of para-hydroxylation sites is 2. The Morgan fingerprint density at radius 3 is 2.40 bits per heavy atom. The average molecular weight is 341 g/mol. The van der Waals surface area contributed by atoms with Crippen LogP contribution in [0.25, 0.3) is 11.0 Å². The number of aromatic nitrogens is 2. The van der Waals surface area contributed by atoms with E-state index in [-0.39, 0.29) is 24.1 Å². The topological polar surface area (TPSA) is 69.2 Å². The fourth-order valence-electron chi connectivity index (χ4n) is 3.06. The molecule has 25 heavy (non-hydrogen) atoms. The van der Waals surface area contributed by atoms with Gasteiger partial charge in [-0.05, 0) is 37.6 Å². The molecule has 2 heterocycles. The number of hydrogen-bond acceptors (Lipinski definition) is 3. The zero-order valence-corrected chi connectivity index (χ0v) is 14.6. The summed E-state index contributed by atoms with van der Waals surface area (Å²) in [6, 6.07) is 11.1. The lowest BCUT2D eigenvalue weighted by Gasteiger charge is -2.11. The number of aryl methyl sites for hydroxylation is 2. The number of rotatable bonds is 7. The Balaban J connectivity index is 1.74. The van der Waals surface area contributed by atoms with E-state index in [1.54, 1.807) is 21.5 Å². The molecule has 0 saturated carbocycles. The summed E-state index contributed by atoms with van der Waals surface area (Å²) >= 11 is 0. The summed E-state index contributed by atoms with van der Waals surface area (Å²) in [5.74, 6) is 0.605. The second-order valence-electron chi connectivity index (χ2n) is 6.13. The first-order chi connectivity index (χ1) is 12.1. The van der Waals surface area contributed by atoms with E-state index in [1.807, 2.05) is 44.2 Å². The molecule has 1 unspecified atom stereocenters. The first-order valence-electron chi connectivity index (χ1n) is 8.62. The molecule has 3 aromatic rings. The lowest BCUT2D eigenvalue weighted by molar-refractivity contribution is -0.122. The van der Waals surface area contributed by atoms with E-state index >= 15 is 0 Å². The molecule has 0 aliphatic heterocycles. The molecule has 1 amide bonds. The van der Waals surface area contributed by atoms with Gasteiger partial charge < -0.3 is 9.73 Å². The predicted octanol–water partition coefficient (Wildman–Crippen LogP) is 3.07. The van der Waals surface area contributed by atoms with Crippen LogP contribution < -0.4 is 11.0 Å². The Morgan fingerprint density at radius 2 is 1.80 bits per heavy atom. The molecular weight excluding hydrogens is 318 g/mol. The number of furan rings is 1. The van der Waals surface area contributed by atoms with E-state index in [9.17, 15) is 9.59 Å². The van der Waals surface area contributed by atoms with Gasteiger partial charge in [0.1, 0.15) is 5.76 Å². The number of carbonyl (C=O) groups excluding carboxylic acids is 1. The number of hydrogen-bond donors (Lipinski definition) is 1. The Morgan fingerprint density at radius 1 is 1.12 bits per heavy atom. The number of benzene rings is 1. The minimum Gasteiger partial charge on any atom is -0.467 e. The zero-order chi connectivity index (χ0) is 17.8. The van der Waals surface area contributed by atoms with Crippen molar-refractivity contribution in [3.63, 3.8) is 0 Å². The van der Waals surface area contributed by atoms with Gasteiger partial charge in [0.15, 0.2) is 0 Å². The second kappa shape index (κ2) is 7.42. The molecular formula is C19H23N3O3. The summed E-state index contributed by atoms with van der Waals surface area (Å²) < 4.78 is 8.75. The minimum atomic E-state index is -0.194. The molecule has 0 spiro atoms. The highest BCUT2D eigenvalue weighted by atomic mass is 16.3. The highest BCUT2D eigenvalue weighted by Gasteiger charge is 2.15. The largest absolute Gasteiger partial charge is 0.467 e. The van der Waals surface area contributed by atoms with Gasteiger partial charge in [-0.25, -0.2) is 4.79 Å². The van der Waals surface area contributed by atoms with Crippen molar-refractivity contribution in [2.45, 2.75) is 45.8 Å². The van der Waals surface area contributed by atoms with Gasteiger partial charge in [-0.15, -0.1) is 0 Å². The molecule has 0 bridgehead atoms. The van der Waals surface area contributed by atoms with Crippen LogP contribution in [0.3, 0.4) is 0 Å². The van der Waals surface area contributed by atoms with E-state index in [0.29, 0.717) is 18.8 Å². The summed E-state index contributed by atoms with van der Waals surface area (Å²) in [6.45, 7) is 4.94. The van der Waals surface area contributed by atoms with Crippen molar-refractivity contribution in [1.29, 1.82) is 0 Å². The lowest BCUT2D eigenvalue weighted by Crippen LogP contribution is -2.30. The quantitative estimate of drug-likeness (QED) is 0.718. The van der Waals surface area contributed by atoms with Crippen LogP contribution in [0.4, 0.5) is 0 Å². The van der Waals surface area contributed by atoms with Crippen molar-refractivity contribution < 1.29 is 9.21 Å². The van der Waals surface area contributed by atoms with Crippen LogP contribution in [0.15, 0.2) is 51.9 Å². The predicted molar refractivity (Wildman–Crippen MR) is 96.4 cm³/mol. The van der Waals surface area contributed by atoms with E-state index in [2.05, 4.69) is 5.32 Å². The number of fused-ring (bicyclic) bond motifs is 1. The molecule has 0 radical (unpaired) electrons. The van der Waals surface area contributed by atoms with Crippen molar-refractivity contribution >= 4 is 16.9 Å². The van der Waals surface area contributed by atoms with Crippen molar-refractivity contribution in [2.75, 3.05) is 0 Å². The van der Waals surface area contributed by atoms with Crippen LogP contribution in [0.2, 0.25) is 0 Å². The Kier molecular flexibility index (Phi) is 5.07. The third kappa shape index (κ3) is 3.52. The van der Waals surface area contributed by atoms with Crippen LogP contribution in [-0.2, 0) is 17.9 Å². The van der Waals surface area contributed by atoms with Gasteiger partial charge in [0.2, 0.25) is 5.91 Å². The maximum Gasteiger partial charge on any atom is 0.329 e. The van der Waals surface area contributed by atoms with Gasteiger partial charge in [-0.3, -0.25) is 13.9 Å². The molecule has 0 aliphatic carbocycles. The Bertz CT molecular complexity index is 906. The van der Waals surface area contributed by atoms with Gasteiger partial charge in [-0.1, -0.05) is 19.1 Å². The molecule has 1 aromatic carbocycles. The molecule has 3 rings (SSSR count). The molecule has 2 aromatic heterocycles. The fourth-order valence-corrected chi connectivity index (χ4v) is 3.06. The SMILES string of the molecule is CCCn1c(=O)n(CCC(=O)NC(C)c2ccco2)c2ccccc21. The first kappa shape index (κ1) is 17.1. The van der Waals surface area contributed by atoms with Gasteiger partial charge >= 0.3 is 5.69 Å². The summed E-state index contributed by atoms with van der Waals surface area (Å²) in [6.07, 6.45) is 2.71. The maximum absolute atomic E-state index is 12.7. The molecule has 0 fully saturated rings. The summed E-state index contributed by atoms with van der Waals surface area (Å²) in [4.78, 5) is 24.9. The van der Waals surface area contributed by atoms with Crippen molar-refractivity contribution in [2.24, 2.45) is 0 Å². The molecule has 132 valence electrons. The number of amides is 1. The van der Waals surface area contributed by atoms with Crippen LogP contribution in [-0.4, -0.2) is 15.0 Å². The van der Waals surface area contributed by atoms with Crippen molar-refractivity contribution in [3.8, 4) is 0 Å². The minimum absolute atomic E-state index is 0.0602. The normalized spacial score (nSPS) is 12.4. The van der Waals surface area contributed by atoms with E-state index in [4.69, 9.17) is 4.42 Å². The van der Waals surface area contributed by atoms with Gasteiger partial charge in [-0.2, -0.15) is 0 Å². The molecule has 0 saturated heterocycles. The molecule has 0 aliphatic rings. The standard InChI is InChI=1S/C19H23N3O3/c1-3-11-21-15-7-4-5-8-16(15)22(19(21)24)12-10-18(23)20-14(2)17-9-6-13-25-17/h4-9,13-14H,3,10-12H2,1-2H3,(H,20,23). The number of nitrogens with zero attached hydrogens (tertiary/aromatic N) is 2. The van der Waals surface area contributed by atoms with Crippen molar-refractivity contribution in [1.82, 2.24) is 14.5 Å². The first-order valence-corrected chi connectivity index (χ1v) is 8.62. The zero-order valence-electron chi connectivity index (χ0n) is 14.6. The van der Waals surface area contributed by atoms with Gasteiger partial charge in [0.05, 0.1) is 23.3 Å². The van der Waals surface area contributed by atoms with Crippen LogP contribution in [0.5, 0.6) is 0 Å². The van der Waals surface area contributed by atoms with Crippen molar-refractivity contribution in [3.05, 3.63) is 58.9 Å². The van der Waals surface area contributed by atoms with Crippen LogP contribution >= 0.6 is 0 Å². The number of imidazole rings is 1. The maximum atomic E-state index is 12.7. The molecule has 6 nitrogen and oxygen atoms in total. The third-order valence-electron chi connectivity index (χ3n) is 4.28. The Hall–Kier alpha value is -2.76. The molecule has 1 atom stereocenters. The van der Waals surface area contributed by atoms with Gasteiger partial charge in [0.25, 0.3) is 0 Å².